The molecule has 0 aliphatic carbocycles. The Kier molecular flexibility index (Phi) is 7.00. The van der Waals surface area contributed by atoms with E-state index in [1.165, 1.54) is 11.1 Å². The van der Waals surface area contributed by atoms with Gasteiger partial charge in [0.2, 0.25) is 0 Å². The summed E-state index contributed by atoms with van der Waals surface area (Å²) in [4.78, 5) is 2.45. The normalized spacial score (nSPS) is 16.1. The lowest BCUT2D eigenvalue weighted by Crippen LogP contribution is -2.44. The number of ether oxygens (including phenoxy) is 2. The molecule has 1 heterocycles. The third kappa shape index (κ3) is 6.04. The predicted octanol–water partition coefficient (Wildman–Crippen LogP) is 1.99. The van der Waals surface area contributed by atoms with Gasteiger partial charge in [-0.2, -0.15) is 0 Å². The first-order valence-corrected chi connectivity index (χ1v) is 7.96. The molecule has 0 radical (unpaired) electrons. The highest BCUT2D eigenvalue weighted by Crippen LogP contribution is 2.16. The summed E-state index contributed by atoms with van der Waals surface area (Å²) in [6.45, 7) is 12.1. The van der Waals surface area contributed by atoms with Crippen molar-refractivity contribution in [1.29, 1.82) is 0 Å². The number of rotatable bonds is 8. The number of piperazine rings is 1. The van der Waals surface area contributed by atoms with E-state index in [2.05, 4.69) is 36.2 Å². The summed E-state index contributed by atoms with van der Waals surface area (Å²) < 4.78 is 11.4. The first-order chi connectivity index (χ1) is 10.3. The molecule has 118 valence electrons. The fourth-order valence-corrected chi connectivity index (χ4v) is 2.39. The fourth-order valence-electron chi connectivity index (χ4n) is 2.39. The summed E-state index contributed by atoms with van der Waals surface area (Å²) in [6, 6.07) is 6.24. The number of nitrogens with zero attached hydrogens (tertiary/aromatic N) is 1. The van der Waals surface area contributed by atoms with E-state index >= 15 is 0 Å². The number of hydrogen-bond acceptors (Lipinski definition) is 4. The van der Waals surface area contributed by atoms with E-state index in [0.717, 1.165) is 64.7 Å². The molecule has 1 N–H and O–H groups in total. The van der Waals surface area contributed by atoms with Crippen LogP contribution in [0.5, 0.6) is 5.75 Å². The van der Waals surface area contributed by atoms with Gasteiger partial charge in [-0.15, -0.1) is 0 Å². The van der Waals surface area contributed by atoms with Gasteiger partial charge in [0.25, 0.3) is 0 Å². The molecule has 1 aliphatic heterocycles. The molecule has 1 aliphatic rings. The molecule has 1 aromatic carbocycles. The highest BCUT2D eigenvalue weighted by molar-refractivity contribution is 5.33. The second-order valence-corrected chi connectivity index (χ2v) is 5.65. The van der Waals surface area contributed by atoms with Gasteiger partial charge < -0.3 is 14.8 Å². The first-order valence-electron chi connectivity index (χ1n) is 7.96. The Bertz CT molecular complexity index is 417. The highest BCUT2D eigenvalue weighted by Gasteiger charge is 2.08. The van der Waals surface area contributed by atoms with Crippen molar-refractivity contribution in [1.82, 2.24) is 10.2 Å². The van der Waals surface area contributed by atoms with Crippen LogP contribution in [0.15, 0.2) is 18.2 Å². The van der Waals surface area contributed by atoms with E-state index in [4.69, 9.17) is 9.47 Å². The van der Waals surface area contributed by atoms with Crippen LogP contribution in [0.25, 0.3) is 0 Å². The smallest absolute Gasteiger partial charge is 0.119 e. The molecule has 1 fully saturated rings. The summed E-state index contributed by atoms with van der Waals surface area (Å²) in [5.41, 5.74) is 2.58. The molecule has 0 amide bonds. The number of aryl methyl sites for hydroxylation is 2. The Morgan fingerprint density at radius 3 is 2.62 bits per heavy atom. The minimum Gasteiger partial charge on any atom is -0.493 e. The minimum absolute atomic E-state index is 0.718. The molecule has 2 rings (SSSR count). The molecule has 1 aromatic rings. The summed E-state index contributed by atoms with van der Waals surface area (Å²) in [6.07, 6.45) is 0.939. The Morgan fingerprint density at radius 2 is 1.86 bits per heavy atom. The van der Waals surface area contributed by atoms with E-state index in [0.29, 0.717) is 0 Å². The van der Waals surface area contributed by atoms with Crippen molar-refractivity contribution >= 4 is 0 Å². The molecule has 0 atom stereocenters. The second kappa shape index (κ2) is 9.03. The van der Waals surface area contributed by atoms with Crippen LogP contribution >= 0.6 is 0 Å². The van der Waals surface area contributed by atoms with Crippen molar-refractivity contribution in [2.75, 3.05) is 52.5 Å². The van der Waals surface area contributed by atoms with Crippen LogP contribution in [-0.2, 0) is 4.74 Å². The summed E-state index contributed by atoms with van der Waals surface area (Å²) in [5, 5.41) is 3.36. The Labute approximate surface area is 128 Å². The molecule has 4 heteroatoms. The van der Waals surface area contributed by atoms with Crippen molar-refractivity contribution in [2.45, 2.75) is 20.3 Å². The monoisotopic (exact) mass is 292 g/mol. The van der Waals surface area contributed by atoms with Crippen molar-refractivity contribution < 1.29 is 9.47 Å². The SMILES string of the molecule is Cc1ccc(OCCCOCCN2CCNCC2)cc1C. The molecule has 0 aromatic heterocycles. The van der Waals surface area contributed by atoms with Crippen LogP contribution < -0.4 is 10.1 Å². The highest BCUT2D eigenvalue weighted by atomic mass is 16.5. The van der Waals surface area contributed by atoms with Gasteiger partial charge in [0, 0.05) is 45.8 Å². The maximum Gasteiger partial charge on any atom is 0.119 e. The number of benzene rings is 1. The lowest BCUT2D eigenvalue weighted by Gasteiger charge is -2.26. The van der Waals surface area contributed by atoms with Gasteiger partial charge in [-0.05, 0) is 37.1 Å². The molecule has 0 spiro atoms. The average molecular weight is 292 g/mol. The van der Waals surface area contributed by atoms with Gasteiger partial charge in [-0.25, -0.2) is 0 Å². The average Bonchev–Trinajstić information content (AvgIpc) is 2.51. The van der Waals surface area contributed by atoms with Crippen LogP contribution in [0.3, 0.4) is 0 Å². The Hall–Kier alpha value is -1.10. The molecule has 21 heavy (non-hydrogen) atoms. The molecule has 0 saturated carbocycles. The van der Waals surface area contributed by atoms with E-state index in [-0.39, 0.29) is 0 Å². The maximum absolute atomic E-state index is 5.74. The zero-order chi connectivity index (χ0) is 14.9. The summed E-state index contributed by atoms with van der Waals surface area (Å²) >= 11 is 0. The van der Waals surface area contributed by atoms with Crippen LogP contribution in [-0.4, -0.2) is 57.4 Å². The molecule has 0 unspecified atom stereocenters. The topological polar surface area (TPSA) is 33.7 Å². The van der Waals surface area contributed by atoms with E-state index in [9.17, 15) is 0 Å². The van der Waals surface area contributed by atoms with Crippen molar-refractivity contribution in [3.05, 3.63) is 29.3 Å². The van der Waals surface area contributed by atoms with Gasteiger partial charge in [0.1, 0.15) is 5.75 Å². The van der Waals surface area contributed by atoms with Crippen LogP contribution in [0, 0.1) is 13.8 Å². The van der Waals surface area contributed by atoms with E-state index < -0.39 is 0 Å². The van der Waals surface area contributed by atoms with Gasteiger partial charge in [-0.3, -0.25) is 4.90 Å². The van der Waals surface area contributed by atoms with Crippen molar-refractivity contribution in [3.63, 3.8) is 0 Å². The predicted molar refractivity (Wildman–Crippen MR) is 86.2 cm³/mol. The molecule has 1 saturated heterocycles. The maximum atomic E-state index is 5.74. The van der Waals surface area contributed by atoms with Gasteiger partial charge >= 0.3 is 0 Å². The largest absolute Gasteiger partial charge is 0.493 e. The Balaban J connectivity index is 1.48. The third-order valence-electron chi connectivity index (χ3n) is 3.94. The van der Waals surface area contributed by atoms with Gasteiger partial charge in [-0.1, -0.05) is 6.07 Å². The molecular formula is C17H28N2O2. The second-order valence-electron chi connectivity index (χ2n) is 5.65. The van der Waals surface area contributed by atoms with Crippen molar-refractivity contribution in [3.8, 4) is 5.75 Å². The Morgan fingerprint density at radius 1 is 1.05 bits per heavy atom. The van der Waals surface area contributed by atoms with Gasteiger partial charge in [0.05, 0.1) is 13.2 Å². The van der Waals surface area contributed by atoms with Crippen LogP contribution in [0.2, 0.25) is 0 Å². The molecular weight excluding hydrogens is 264 g/mol. The van der Waals surface area contributed by atoms with E-state index in [1.54, 1.807) is 0 Å². The first kappa shape index (κ1) is 16.3. The summed E-state index contributed by atoms with van der Waals surface area (Å²) in [5.74, 6) is 0.957. The zero-order valence-corrected chi connectivity index (χ0v) is 13.4. The number of nitrogens with one attached hydrogen (secondary N) is 1. The number of hydrogen-bond donors (Lipinski definition) is 1. The third-order valence-corrected chi connectivity index (χ3v) is 3.94. The standard InChI is InChI=1S/C17H28N2O2/c1-15-4-5-17(14-16(15)2)21-12-3-11-20-13-10-19-8-6-18-7-9-19/h4-5,14,18H,3,6-13H2,1-2H3. The molecule has 4 nitrogen and oxygen atoms in total. The van der Waals surface area contributed by atoms with Crippen molar-refractivity contribution in [2.24, 2.45) is 0 Å². The lowest BCUT2D eigenvalue weighted by atomic mass is 10.1. The van der Waals surface area contributed by atoms with Crippen LogP contribution in [0.1, 0.15) is 17.5 Å². The lowest BCUT2D eigenvalue weighted by molar-refractivity contribution is 0.0901. The van der Waals surface area contributed by atoms with Crippen LogP contribution in [0.4, 0.5) is 0 Å². The van der Waals surface area contributed by atoms with Gasteiger partial charge in [0.15, 0.2) is 0 Å². The molecule has 0 bridgehead atoms. The minimum atomic E-state index is 0.718. The summed E-state index contributed by atoms with van der Waals surface area (Å²) in [7, 11) is 0. The zero-order valence-electron chi connectivity index (χ0n) is 13.4. The quantitative estimate of drug-likeness (QED) is 0.743. The van der Waals surface area contributed by atoms with E-state index in [1.807, 2.05) is 6.07 Å². The fraction of sp³-hybridized carbons (Fsp3) is 0.647.